The van der Waals surface area contributed by atoms with Gasteiger partial charge in [0.05, 0.1) is 6.54 Å². The van der Waals surface area contributed by atoms with Crippen LogP contribution in [0.3, 0.4) is 0 Å². The third-order valence-corrected chi connectivity index (χ3v) is 2.59. The highest BCUT2D eigenvalue weighted by molar-refractivity contribution is 5.77. The van der Waals surface area contributed by atoms with E-state index in [1.807, 2.05) is 0 Å². The summed E-state index contributed by atoms with van der Waals surface area (Å²) in [6.07, 6.45) is 2.28. The molecule has 1 unspecified atom stereocenters. The maximum absolute atomic E-state index is 11.1. The lowest BCUT2D eigenvalue weighted by molar-refractivity contribution is -0.121. The first-order chi connectivity index (χ1) is 6.26. The standard InChI is InChI=1S/C9H19N3O/c1-11-9(13)7-12-5-3-8(6-12)2-4-10/h8H,2-7,10H2,1H3,(H,11,13). The number of amides is 1. The Morgan fingerprint density at radius 1 is 1.69 bits per heavy atom. The van der Waals surface area contributed by atoms with Crippen molar-refractivity contribution >= 4 is 5.91 Å². The maximum atomic E-state index is 11.1. The largest absolute Gasteiger partial charge is 0.358 e. The predicted octanol–water partition coefficient (Wildman–Crippen LogP) is -0.597. The number of likely N-dealkylation sites (N-methyl/N-ethyl adjacent to an activating group) is 1. The first-order valence-electron chi connectivity index (χ1n) is 4.89. The van der Waals surface area contributed by atoms with Crippen molar-refractivity contribution < 1.29 is 4.79 Å². The van der Waals surface area contributed by atoms with Gasteiger partial charge in [0.15, 0.2) is 0 Å². The molecule has 1 aliphatic rings. The van der Waals surface area contributed by atoms with Crippen LogP contribution in [0.5, 0.6) is 0 Å². The second-order valence-electron chi connectivity index (χ2n) is 3.64. The van der Waals surface area contributed by atoms with Gasteiger partial charge in [0.2, 0.25) is 5.91 Å². The molecule has 0 aliphatic carbocycles. The van der Waals surface area contributed by atoms with Gasteiger partial charge < -0.3 is 11.1 Å². The minimum atomic E-state index is 0.105. The maximum Gasteiger partial charge on any atom is 0.233 e. The van der Waals surface area contributed by atoms with E-state index in [0.29, 0.717) is 12.5 Å². The minimum Gasteiger partial charge on any atom is -0.358 e. The number of nitrogens with one attached hydrogen (secondary N) is 1. The second kappa shape index (κ2) is 5.19. The van der Waals surface area contributed by atoms with Crippen molar-refractivity contribution in [1.82, 2.24) is 10.2 Å². The van der Waals surface area contributed by atoms with E-state index in [-0.39, 0.29) is 5.91 Å². The number of carbonyl (C=O) groups is 1. The Bertz CT molecular complexity index is 172. The highest BCUT2D eigenvalue weighted by Crippen LogP contribution is 2.17. The second-order valence-corrected chi connectivity index (χ2v) is 3.64. The van der Waals surface area contributed by atoms with E-state index in [4.69, 9.17) is 5.73 Å². The third-order valence-electron chi connectivity index (χ3n) is 2.59. The molecule has 4 nitrogen and oxygen atoms in total. The summed E-state index contributed by atoms with van der Waals surface area (Å²) in [6, 6.07) is 0. The zero-order valence-corrected chi connectivity index (χ0v) is 8.25. The molecule has 0 aromatic rings. The molecule has 13 heavy (non-hydrogen) atoms. The smallest absolute Gasteiger partial charge is 0.233 e. The Morgan fingerprint density at radius 2 is 2.46 bits per heavy atom. The highest BCUT2D eigenvalue weighted by atomic mass is 16.1. The Morgan fingerprint density at radius 3 is 3.08 bits per heavy atom. The third kappa shape index (κ3) is 3.32. The van der Waals surface area contributed by atoms with Crippen LogP contribution in [0.25, 0.3) is 0 Å². The summed E-state index contributed by atoms with van der Waals surface area (Å²) in [6.45, 7) is 3.37. The van der Waals surface area contributed by atoms with Gasteiger partial charge in [-0.05, 0) is 31.8 Å². The van der Waals surface area contributed by atoms with Crippen molar-refractivity contribution in [2.75, 3.05) is 33.2 Å². The van der Waals surface area contributed by atoms with Crippen molar-refractivity contribution in [1.29, 1.82) is 0 Å². The molecule has 1 amide bonds. The van der Waals surface area contributed by atoms with Crippen LogP contribution in [0.1, 0.15) is 12.8 Å². The summed E-state index contributed by atoms with van der Waals surface area (Å²) in [5.41, 5.74) is 5.48. The van der Waals surface area contributed by atoms with Crippen LogP contribution in [0.4, 0.5) is 0 Å². The number of nitrogens with two attached hydrogens (primary N) is 1. The van der Waals surface area contributed by atoms with Crippen LogP contribution >= 0.6 is 0 Å². The Kier molecular flexibility index (Phi) is 4.18. The molecule has 0 radical (unpaired) electrons. The average Bonchev–Trinajstić information content (AvgIpc) is 2.53. The molecule has 1 atom stereocenters. The van der Waals surface area contributed by atoms with Crippen molar-refractivity contribution in [3.8, 4) is 0 Å². The van der Waals surface area contributed by atoms with Crippen LogP contribution in [0.15, 0.2) is 0 Å². The number of carbonyl (C=O) groups excluding carboxylic acids is 1. The van der Waals surface area contributed by atoms with Crippen molar-refractivity contribution in [2.24, 2.45) is 11.7 Å². The SMILES string of the molecule is CNC(=O)CN1CCC(CCN)C1. The molecule has 0 aromatic carbocycles. The normalized spacial score (nSPS) is 23.4. The van der Waals surface area contributed by atoms with E-state index < -0.39 is 0 Å². The lowest BCUT2D eigenvalue weighted by Gasteiger charge is -2.14. The highest BCUT2D eigenvalue weighted by Gasteiger charge is 2.22. The van der Waals surface area contributed by atoms with Gasteiger partial charge in [0, 0.05) is 13.6 Å². The molecule has 4 heteroatoms. The number of hydrogen-bond donors (Lipinski definition) is 2. The van der Waals surface area contributed by atoms with E-state index >= 15 is 0 Å². The minimum absolute atomic E-state index is 0.105. The Balaban J connectivity index is 2.20. The fourth-order valence-electron chi connectivity index (χ4n) is 1.81. The molecular formula is C9H19N3O. The van der Waals surface area contributed by atoms with Gasteiger partial charge in [0.1, 0.15) is 0 Å². The molecule has 0 saturated carbocycles. The summed E-state index contributed by atoms with van der Waals surface area (Å²) in [7, 11) is 1.68. The van der Waals surface area contributed by atoms with E-state index in [0.717, 1.165) is 26.1 Å². The van der Waals surface area contributed by atoms with E-state index in [9.17, 15) is 4.79 Å². The van der Waals surface area contributed by atoms with E-state index in [2.05, 4.69) is 10.2 Å². The summed E-state index contributed by atoms with van der Waals surface area (Å²) < 4.78 is 0. The number of nitrogens with zero attached hydrogens (tertiary/aromatic N) is 1. The van der Waals surface area contributed by atoms with Crippen LogP contribution in [0.2, 0.25) is 0 Å². The van der Waals surface area contributed by atoms with Gasteiger partial charge in [-0.3, -0.25) is 9.69 Å². The van der Waals surface area contributed by atoms with Crippen molar-refractivity contribution in [3.63, 3.8) is 0 Å². The molecule has 1 heterocycles. The fourth-order valence-corrected chi connectivity index (χ4v) is 1.81. The van der Waals surface area contributed by atoms with Crippen LogP contribution < -0.4 is 11.1 Å². The number of rotatable bonds is 4. The van der Waals surface area contributed by atoms with Gasteiger partial charge in [-0.2, -0.15) is 0 Å². The molecular weight excluding hydrogens is 166 g/mol. The molecule has 1 rings (SSSR count). The fraction of sp³-hybridized carbons (Fsp3) is 0.889. The predicted molar refractivity (Wildman–Crippen MR) is 52.3 cm³/mol. The molecule has 0 aromatic heterocycles. The lowest BCUT2D eigenvalue weighted by atomic mass is 10.1. The van der Waals surface area contributed by atoms with Gasteiger partial charge in [-0.25, -0.2) is 0 Å². The molecule has 0 spiro atoms. The topological polar surface area (TPSA) is 58.4 Å². The van der Waals surface area contributed by atoms with Crippen LogP contribution in [-0.4, -0.2) is 44.0 Å². The summed E-state index contributed by atoms with van der Waals surface area (Å²) >= 11 is 0. The van der Waals surface area contributed by atoms with Gasteiger partial charge in [-0.1, -0.05) is 0 Å². The van der Waals surface area contributed by atoms with Crippen molar-refractivity contribution in [3.05, 3.63) is 0 Å². The first kappa shape index (κ1) is 10.5. The van der Waals surface area contributed by atoms with E-state index in [1.54, 1.807) is 7.05 Å². The first-order valence-corrected chi connectivity index (χ1v) is 4.89. The molecule has 1 saturated heterocycles. The lowest BCUT2D eigenvalue weighted by Crippen LogP contribution is -2.34. The zero-order chi connectivity index (χ0) is 9.68. The number of hydrogen-bond acceptors (Lipinski definition) is 3. The zero-order valence-electron chi connectivity index (χ0n) is 8.25. The van der Waals surface area contributed by atoms with Gasteiger partial charge >= 0.3 is 0 Å². The van der Waals surface area contributed by atoms with Crippen LogP contribution in [-0.2, 0) is 4.79 Å². The quantitative estimate of drug-likeness (QED) is 0.615. The van der Waals surface area contributed by atoms with Gasteiger partial charge in [0.25, 0.3) is 0 Å². The Hall–Kier alpha value is -0.610. The molecule has 1 aliphatic heterocycles. The Labute approximate surface area is 79.5 Å². The summed E-state index contributed by atoms with van der Waals surface area (Å²) in [5.74, 6) is 0.808. The van der Waals surface area contributed by atoms with Crippen molar-refractivity contribution in [2.45, 2.75) is 12.8 Å². The van der Waals surface area contributed by atoms with E-state index in [1.165, 1.54) is 6.42 Å². The average molecular weight is 185 g/mol. The van der Waals surface area contributed by atoms with Gasteiger partial charge in [-0.15, -0.1) is 0 Å². The molecule has 1 fully saturated rings. The summed E-state index contributed by atoms with van der Waals surface area (Å²) in [5, 5.41) is 2.63. The summed E-state index contributed by atoms with van der Waals surface area (Å²) in [4.78, 5) is 13.2. The monoisotopic (exact) mass is 185 g/mol. The molecule has 76 valence electrons. The number of likely N-dealkylation sites (tertiary alicyclic amines) is 1. The molecule has 3 N–H and O–H groups in total. The molecule has 0 bridgehead atoms. The van der Waals surface area contributed by atoms with Crippen LogP contribution in [0, 0.1) is 5.92 Å².